The molecule has 0 saturated carbocycles. The van der Waals surface area contributed by atoms with Crippen LogP contribution < -0.4 is 5.69 Å². The van der Waals surface area contributed by atoms with Crippen LogP contribution in [0.25, 0.3) is 11.0 Å². The molecule has 2 aromatic rings. The number of rotatable bonds is 2. The molecule has 3 N–H and O–H groups in total. The summed E-state index contributed by atoms with van der Waals surface area (Å²) in [5.41, 5.74) is 1.02. The van der Waals surface area contributed by atoms with Crippen molar-refractivity contribution in [2.45, 2.75) is 31.8 Å². The quantitative estimate of drug-likeness (QED) is 0.690. The summed E-state index contributed by atoms with van der Waals surface area (Å²) < 4.78 is 6.81. The number of aryl methyl sites for hydroxylation is 1. The summed E-state index contributed by atoms with van der Waals surface area (Å²) in [5, 5.41) is 19.6. The fraction of sp³-hybridized carbons (Fsp3) is 0.500. The van der Waals surface area contributed by atoms with E-state index in [1.807, 2.05) is 13.0 Å². The standard InChI is InChI=1S/C12H15N3O4/c1-6-2-7-4-15(12(18)14-11(7)13-6)10-3-8(17)9(5-16)19-10/h2,4,8-10,16-17H,3,5H2,1H3,(H,13,14,18)/t8?,9-,10-/m1/s1. The topological polar surface area (TPSA) is 100 Å². The van der Waals surface area contributed by atoms with Gasteiger partial charge >= 0.3 is 5.69 Å². The molecular formula is C12H15N3O4. The van der Waals surface area contributed by atoms with Crippen LogP contribution in [0.4, 0.5) is 0 Å². The summed E-state index contributed by atoms with van der Waals surface area (Å²) in [7, 11) is 0. The third-order valence-electron chi connectivity index (χ3n) is 3.36. The van der Waals surface area contributed by atoms with Gasteiger partial charge in [0.25, 0.3) is 0 Å². The number of hydrogen-bond acceptors (Lipinski definition) is 5. The predicted octanol–water partition coefficient (Wildman–Crippen LogP) is -0.326. The van der Waals surface area contributed by atoms with E-state index in [0.29, 0.717) is 5.65 Å². The van der Waals surface area contributed by atoms with Crippen molar-refractivity contribution >= 4 is 11.0 Å². The third-order valence-corrected chi connectivity index (χ3v) is 3.36. The summed E-state index contributed by atoms with van der Waals surface area (Å²) in [4.78, 5) is 18.9. The summed E-state index contributed by atoms with van der Waals surface area (Å²) in [6, 6.07) is 1.88. The monoisotopic (exact) mass is 265 g/mol. The van der Waals surface area contributed by atoms with Crippen molar-refractivity contribution < 1.29 is 14.9 Å². The molecule has 0 aliphatic carbocycles. The van der Waals surface area contributed by atoms with Crippen LogP contribution in [-0.2, 0) is 4.74 Å². The van der Waals surface area contributed by atoms with E-state index >= 15 is 0 Å². The van der Waals surface area contributed by atoms with Crippen molar-refractivity contribution in [3.05, 3.63) is 28.4 Å². The number of aromatic amines is 1. The number of hydrogen-bond donors (Lipinski definition) is 3. The van der Waals surface area contributed by atoms with E-state index in [1.165, 1.54) is 4.57 Å². The third kappa shape index (κ3) is 2.05. The average molecular weight is 265 g/mol. The summed E-state index contributed by atoms with van der Waals surface area (Å²) >= 11 is 0. The molecule has 0 bridgehead atoms. The first-order valence-corrected chi connectivity index (χ1v) is 6.11. The largest absolute Gasteiger partial charge is 0.394 e. The Balaban J connectivity index is 2.01. The molecular weight excluding hydrogens is 250 g/mol. The normalized spacial score (nSPS) is 27.2. The molecule has 3 atom stereocenters. The Bertz CT molecular complexity index is 663. The summed E-state index contributed by atoms with van der Waals surface area (Å²) in [6.07, 6.45) is -0.0922. The van der Waals surface area contributed by atoms with Gasteiger partial charge in [0.05, 0.1) is 12.7 Å². The molecule has 1 unspecified atom stereocenters. The van der Waals surface area contributed by atoms with E-state index in [0.717, 1.165) is 11.1 Å². The van der Waals surface area contributed by atoms with Crippen LogP contribution in [0.3, 0.4) is 0 Å². The van der Waals surface area contributed by atoms with Crippen LogP contribution in [-0.4, -0.2) is 43.6 Å². The zero-order chi connectivity index (χ0) is 13.6. The molecule has 0 aromatic carbocycles. The van der Waals surface area contributed by atoms with Crippen LogP contribution >= 0.6 is 0 Å². The van der Waals surface area contributed by atoms with Crippen molar-refractivity contribution in [3.63, 3.8) is 0 Å². The maximum Gasteiger partial charge on any atom is 0.351 e. The molecule has 0 spiro atoms. The van der Waals surface area contributed by atoms with E-state index in [2.05, 4.69) is 9.97 Å². The van der Waals surface area contributed by atoms with Gasteiger partial charge in [-0.1, -0.05) is 0 Å². The van der Waals surface area contributed by atoms with Crippen molar-refractivity contribution in [2.75, 3.05) is 6.61 Å². The molecule has 3 rings (SSSR count). The lowest BCUT2D eigenvalue weighted by molar-refractivity contribution is -0.0457. The highest BCUT2D eigenvalue weighted by Gasteiger charge is 2.35. The lowest BCUT2D eigenvalue weighted by Crippen LogP contribution is -2.27. The highest BCUT2D eigenvalue weighted by Crippen LogP contribution is 2.27. The fourth-order valence-corrected chi connectivity index (χ4v) is 2.40. The highest BCUT2D eigenvalue weighted by atomic mass is 16.5. The first-order chi connectivity index (χ1) is 9.08. The van der Waals surface area contributed by atoms with Gasteiger partial charge in [-0.3, -0.25) is 4.57 Å². The number of H-pyrrole nitrogens is 1. The Kier molecular flexibility index (Phi) is 2.89. The second-order valence-electron chi connectivity index (χ2n) is 4.80. The minimum absolute atomic E-state index is 0.266. The van der Waals surface area contributed by atoms with Crippen LogP contribution in [0.1, 0.15) is 18.3 Å². The second kappa shape index (κ2) is 4.44. The van der Waals surface area contributed by atoms with Crippen molar-refractivity contribution in [1.29, 1.82) is 0 Å². The SMILES string of the molecule is Cc1cc2cn([C@H]3CC(O)[C@@H](CO)O3)c(=O)nc2[nH]1. The van der Waals surface area contributed by atoms with Gasteiger partial charge in [0, 0.05) is 23.7 Å². The van der Waals surface area contributed by atoms with Gasteiger partial charge in [-0.25, -0.2) is 4.79 Å². The molecule has 1 fully saturated rings. The maximum atomic E-state index is 11.9. The van der Waals surface area contributed by atoms with Crippen molar-refractivity contribution in [3.8, 4) is 0 Å². The Morgan fingerprint density at radius 1 is 1.63 bits per heavy atom. The number of nitrogens with one attached hydrogen (secondary N) is 1. The average Bonchev–Trinajstić information content (AvgIpc) is 2.89. The van der Waals surface area contributed by atoms with Crippen LogP contribution in [0.2, 0.25) is 0 Å². The minimum Gasteiger partial charge on any atom is -0.394 e. The number of aromatic nitrogens is 3. The van der Waals surface area contributed by atoms with Gasteiger partial charge in [0.1, 0.15) is 18.0 Å². The lowest BCUT2D eigenvalue weighted by atomic mass is 10.2. The molecule has 1 aliphatic heterocycles. The van der Waals surface area contributed by atoms with Gasteiger partial charge < -0.3 is 19.9 Å². The Morgan fingerprint density at radius 2 is 2.42 bits per heavy atom. The molecule has 1 saturated heterocycles. The van der Waals surface area contributed by atoms with E-state index in [1.54, 1.807) is 6.20 Å². The molecule has 7 nitrogen and oxygen atoms in total. The highest BCUT2D eigenvalue weighted by molar-refractivity contribution is 5.75. The molecule has 19 heavy (non-hydrogen) atoms. The fourth-order valence-electron chi connectivity index (χ4n) is 2.40. The Labute approximate surface area is 108 Å². The molecule has 0 radical (unpaired) electrons. The van der Waals surface area contributed by atoms with Crippen molar-refractivity contribution in [2.24, 2.45) is 0 Å². The van der Waals surface area contributed by atoms with Gasteiger partial charge in [0.2, 0.25) is 0 Å². The zero-order valence-electron chi connectivity index (χ0n) is 10.4. The molecule has 1 aliphatic rings. The maximum absolute atomic E-state index is 11.9. The Hall–Kier alpha value is -1.70. The summed E-state index contributed by atoms with van der Waals surface area (Å²) in [5.74, 6) is 0. The molecule has 2 aromatic heterocycles. The predicted molar refractivity (Wildman–Crippen MR) is 66.7 cm³/mol. The number of aliphatic hydroxyl groups is 2. The van der Waals surface area contributed by atoms with E-state index < -0.39 is 24.1 Å². The van der Waals surface area contributed by atoms with Gasteiger partial charge in [-0.05, 0) is 13.0 Å². The molecule has 7 heteroatoms. The van der Waals surface area contributed by atoms with Gasteiger partial charge in [-0.2, -0.15) is 4.98 Å². The first kappa shape index (κ1) is 12.3. The molecule has 102 valence electrons. The van der Waals surface area contributed by atoms with E-state index in [9.17, 15) is 9.90 Å². The van der Waals surface area contributed by atoms with Crippen molar-refractivity contribution in [1.82, 2.24) is 14.5 Å². The van der Waals surface area contributed by atoms with E-state index in [4.69, 9.17) is 9.84 Å². The van der Waals surface area contributed by atoms with Gasteiger partial charge in [-0.15, -0.1) is 0 Å². The van der Waals surface area contributed by atoms with Crippen LogP contribution in [0.15, 0.2) is 17.1 Å². The first-order valence-electron chi connectivity index (χ1n) is 6.11. The number of aliphatic hydroxyl groups excluding tert-OH is 2. The lowest BCUT2D eigenvalue weighted by Gasteiger charge is -2.14. The zero-order valence-corrected chi connectivity index (χ0v) is 10.4. The Morgan fingerprint density at radius 3 is 3.11 bits per heavy atom. The number of ether oxygens (including phenoxy) is 1. The van der Waals surface area contributed by atoms with Crippen LogP contribution in [0.5, 0.6) is 0 Å². The smallest absolute Gasteiger partial charge is 0.351 e. The number of nitrogens with zero attached hydrogens (tertiary/aromatic N) is 2. The van der Waals surface area contributed by atoms with Crippen LogP contribution in [0, 0.1) is 6.92 Å². The molecule has 3 heterocycles. The minimum atomic E-state index is -0.773. The van der Waals surface area contributed by atoms with E-state index in [-0.39, 0.29) is 13.0 Å². The molecule has 0 amide bonds. The number of fused-ring (bicyclic) bond motifs is 1. The van der Waals surface area contributed by atoms with Gasteiger partial charge in [0.15, 0.2) is 0 Å². The second-order valence-corrected chi connectivity index (χ2v) is 4.80. The summed E-state index contributed by atoms with van der Waals surface area (Å²) in [6.45, 7) is 1.61.